The van der Waals surface area contributed by atoms with Gasteiger partial charge in [-0.3, -0.25) is 10.2 Å². The molecule has 1 fully saturated rings. The van der Waals surface area contributed by atoms with E-state index in [1.54, 1.807) is 0 Å². The molecule has 0 radical (unpaired) electrons. The zero-order valence-corrected chi connectivity index (χ0v) is 17.8. The van der Waals surface area contributed by atoms with Gasteiger partial charge in [-0.1, -0.05) is 36.4 Å². The van der Waals surface area contributed by atoms with E-state index < -0.39 is 0 Å². The van der Waals surface area contributed by atoms with E-state index in [-0.39, 0.29) is 30.6 Å². The molecule has 2 aromatic carbocycles. The van der Waals surface area contributed by atoms with Crippen molar-refractivity contribution in [2.45, 2.75) is 45.5 Å². The van der Waals surface area contributed by atoms with Crippen LogP contribution in [0.4, 0.5) is 0 Å². The van der Waals surface area contributed by atoms with Gasteiger partial charge in [0.2, 0.25) is 5.91 Å². The fraction of sp³-hybridized carbons (Fsp3) is 0.435. The van der Waals surface area contributed by atoms with Crippen molar-refractivity contribution < 1.29 is 19.0 Å². The molecule has 0 aliphatic carbocycles. The van der Waals surface area contributed by atoms with Gasteiger partial charge in [-0.2, -0.15) is 0 Å². The summed E-state index contributed by atoms with van der Waals surface area (Å²) in [7, 11) is 0. The van der Waals surface area contributed by atoms with Crippen LogP contribution < -0.4 is 25.6 Å². The summed E-state index contributed by atoms with van der Waals surface area (Å²) >= 11 is 0. The van der Waals surface area contributed by atoms with Gasteiger partial charge in [0.05, 0.1) is 19.8 Å². The Morgan fingerprint density at radius 3 is 2.47 bits per heavy atom. The SMILES string of the molecule is CCOc1ccc(C2C(C)NNC2NC(=O)COCc2ccccc2)cc1OCC. The number of carbonyl (C=O) groups is 1. The summed E-state index contributed by atoms with van der Waals surface area (Å²) in [6.45, 7) is 7.50. The molecule has 1 saturated heterocycles. The van der Waals surface area contributed by atoms with Crippen molar-refractivity contribution in [2.24, 2.45) is 0 Å². The average molecular weight is 414 g/mol. The summed E-state index contributed by atoms with van der Waals surface area (Å²) in [4.78, 5) is 12.4. The van der Waals surface area contributed by atoms with Gasteiger partial charge in [-0.15, -0.1) is 0 Å². The minimum absolute atomic E-state index is 0.00164. The van der Waals surface area contributed by atoms with Crippen LogP contribution in [0, 0.1) is 0 Å². The Kier molecular flexibility index (Phi) is 8.07. The lowest BCUT2D eigenvalue weighted by molar-refractivity contribution is -0.127. The predicted octanol–water partition coefficient (Wildman–Crippen LogP) is 2.72. The first kappa shape index (κ1) is 22.1. The van der Waals surface area contributed by atoms with Crippen LogP contribution in [0.5, 0.6) is 11.5 Å². The molecule has 3 N–H and O–H groups in total. The van der Waals surface area contributed by atoms with Gasteiger partial charge in [0.1, 0.15) is 12.8 Å². The highest BCUT2D eigenvalue weighted by Crippen LogP contribution is 2.34. The Bertz CT molecular complexity index is 815. The van der Waals surface area contributed by atoms with Crippen LogP contribution in [0.3, 0.4) is 0 Å². The predicted molar refractivity (Wildman–Crippen MR) is 115 cm³/mol. The van der Waals surface area contributed by atoms with E-state index in [9.17, 15) is 4.79 Å². The normalized spacial score (nSPS) is 20.7. The van der Waals surface area contributed by atoms with Crippen molar-refractivity contribution in [1.29, 1.82) is 0 Å². The minimum atomic E-state index is -0.264. The summed E-state index contributed by atoms with van der Waals surface area (Å²) in [6, 6.07) is 15.9. The fourth-order valence-corrected chi connectivity index (χ4v) is 3.62. The number of ether oxygens (including phenoxy) is 3. The van der Waals surface area contributed by atoms with Crippen LogP contribution >= 0.6 is 0 Å². The maximum atomic E-state index is 12.4. The van der Waals surface area contributed by atoms with Crippen LogP contribution in [0.1, 0.15) is 37.8 Å². The molecule has 0 spiro atoms. The zero-order valence-electron chi connectivity index (χ0n) is 17.8. The smallest absolute Gasteiger partial charge is 0.247 e. The molecule has 0 bridgehead atoms. The Morgan fingerprint density at radius 1 is 1.00 bits per heavy atom. The third kappa shape index (κ3) is 5.72. The Balaban J connectivity index is 1.62. The van der Waals surface area contributed by atoms with E-state index in [0.717, 1.165) is 16.9 Å². The molecule has 3 unspecified atom stereocenters. The molecule has 3 atom stereocenters. The van der Waals surface area contributed by atoms with Crippen LogP contribution in [-0.4, -0.2) is 37.9 Å². The molecule has 7 nitrogen and oxygen atoms in total. The van der Waals surface area contributed by atoms with E-state index in [0.29, 0.717) is 25.6 Å². The summed E-state index contributed by atoms with van der Waals surface area (Å²) in [6.07, 6.45) is -0.264. The highest BCUT2D eigenvalue weighted by Gasteiger charge is 2.35. The van der Waals surface area contributed by atoms with Crippen LogP contribution in [-0.2, 0) is 16.1 Å². The topological polar surface area (TPSA) is 80.9 Å². The second kappa shape index (κ2) is 11.0. The highest BCUT2D eigenvalue weighted by molar-refractivity contribution is 5.77. The van der Waals surface area contributed by atoms with Crippen LogP contribution in [0.25, 0.3) is 0 Å². The quantitative estimate of drug-likeness (QED) is 0.556. The van der Waals surface area contributed by atoms with Crippen molar-refractivity contribution in [3.8, 4) is 11.5 Å². The molecule has 2 aromatic rings. The van der Waals surface area contributed by atoms with Crippen molar-refractivity contribution in [3.63, 3.8) is 0 Å². The third-order valence-corrected chi connectivity index (χ3v) is 4.98. The molecule has 30 heavy (non-hydrogen) atoms. The van der Waals surface area contributed by atoms with Gasteiger partial charge in [0.15, 0.2) is 11.5 Å². The van der Waals surface area contributed by atoms with E-state index in [1.807, 2.05) is 62.4 Å². The molecule has 1 amide bonds. The Labute approximate surface area is 178 Å². The Morgan fingerprint density at radius 2 is 1.73 bits per heavy atom. The largest absolute Gasteiger partial charge is 0.490 e. The molecule has 162 valence electrons. The summed E-state index contributed by atoms with van der Waals surface area (Å²) in [5.74, 6) is 1.30. The van der Waals surface area contributed by atoms with Gasteiger partial charge in [-0.25, -0.2) is 5.43 Å². The number of hydrazine groups is 1. The maximum Gasteiger partial charge on any atom is 0.247 e. The van der Waals surface area contributed by atoms with E-state index in [1.165, 1.54) is 0 Å². The Hall–Kier alpha value is -2.61. The first-order valence-electron chi connectivity index (χ1n) is 10.4. The summed E-state index contributed by atoms with van der Waals surface area (Å²) in [5.41, 5.74) is 8.49. The van der Waals surface area contributed by atoms with Gasteiger partial charge in [0.25, 0.3) is 0 Å². The fourth-order valence-electron chi connectivity index (χ4n) is 3.62. The molecular formula is C23H31N3O4. The van der Waals surface area contributed by atoms with Crippen LogP contribution in [0.2, 0.25) is 0 Å². The van der Waals surface area contributed by atoms with E-state index in [2.05, 4.69) is 23.1 Å². The maximum absolute atomic E-state index is 12.4. The lowest BCUT2D eigenvalue weighted by Crippen LogP contribution is -2.47. The first-order chi connectivity index (χ1) is 14.6. The molecule has 1 aliphatic rings. The van der Waals surface area contributed by atoms with Crippen molar-refractivity contribution in [3.05, 3.63) is 59.7 Å². The number of hydrogen-bond donors (Lipinski definition) is 3. The molecule has 0 saturated carbocycles. The summed E-state index contributed by atoms with van der Waals surface area (Å²) < 4.78 is 17.0. The number of amides is 1. The van der Waals surface area contributed by atoms with Crippen molar-refractivity contribution in [2.75, 3.05) is 19.8 Å². The number of carbonyl (C=O) groups excluding carboxylic acids is 1. The minimum Gasteiger partial charge on any atom is -0.490 e. The van der Waals surface area contributed by atoms with Crippen molar-refractivity contribution >= 4 is 5.91 Å². The second-order valence-electron chi connectivity index (χ2n) is 7.20. The second-order valence-corrected chi connectivity index (χ2v) is 7.20. The zero-order chi connectivity index (χ0) is 21.3. The molecule has 0 aromatic heterocycles. The lowest BCUT2D eigenvalue weighted by atomic mass is 9.91. The van der Waals surface area contributed by atoms with Crippen molar-refractivity contribution in [1.82, 2.24) is 16.2 Å². The third-order valence-electron chi connectivity index (χ3n) is 4.98. The van der Waals surface area contributed by atoms with Gasteiger partial charge < -0.3 is 19.5 Å². The van der Waals surface area contributed by atoms with Gasteiger partial charge >= 0.3 is 0 Å². The molecule has 7 heteroatoms. The van der Waals surface area contributed by atoms with E-state index >= 15 is 0 Å². The van der Waals surface area contributed by atoms with Gasteiger partial charge in [0, 0.05) is 12.0 Å². The molecule has 1 aliphatic heterocycles. The number of rotatable bonds is 10. The average Bonchev–Trinajstić information content (AvgIpc) is 3.10. The number of hydrogen-bond acceptors (Lipinski definition) is 6. The molecule has 3 rings (SSSR count). The lowest BCUT2D eigenvalue weighted by Gasteiger charge is -2.23. The number of benzene rings is 2. The molecular weight excluding hydrogens is 382 g/mol. The standard InChI is InChI=1S/C23H31N3O4/c1-4-29-19-12-11-18(13-20(19)30-5-2)22-16(3)25-26-23(22)24-21(27)15-28-14-17-9-7-6-8-10-17/h6-13,16,22-23,25-26H,4-5,14-15H2,1-3H3,(H,24,27). The summed E-state index contributed by atoms with van der Waals surface area (Å²) in [5, 5.41) is 3.03. The molecule has 1 heterocycles. The highest BCUT2D eigenvalue weighted by atomic mass is 16.5. The number of nitrogens with one attached hydrogen (secondary N) is 3. The first-order valence-corrected chi connectivity index (χ1v) is 10.4. The van der Waals surface area contributed by atoms with Gasteiger partial charge in [-0.05, 0) is 44.0 Å². The monoisotopic (exact) mass is 413 g/mol. The van der Waals surface area contributed by atoms with Crippen LogP contribution in [0.15, 0.2) is 48.5 Å². The van der Waals surface area contributed by atoms with E-state index in [4.69, 9.17) is 14.2 Å².